The van der Waals surface area contributed by atoms with Gasteiger partial charge in [0.2, 0.25) is 5.91 Å². The van der Waals surface area contributed by atoms with Crippen LogP contribution in [0.4, 0.5) is 10.1 Å². The van der Waals surface area contributed by atoms with Gasteiger partial charge in [-0.15, -0.1) is 0 Å². The summed E-state index contributed by atoms with van der Waals surface area (Å²) in [4.78, 5) is 15.0. The van der Waals surface area contributed by atoms with E-state index in [0.29, 0.717) is 5.56 Å². The molecular weight excluding hydrogens is 355 g/mol. The molecule has 0 saturated carbocycles. The van der Waals surface area contributed by atoms with Gasteiger partial charge in [-0.2, -0.15) is 5.26 Å². The number of nitrogens with two attached hydrogens (primary N) is 1. The lowest BCUT2D eigenvalue weighted by Gasteiger charge is -2.36. The molecule has 1 fully saturated rings. The maximum atomic E-state index is 14.5. The van der Waals surface area contributed by atoms with Gasteiger partial charge in [-0.3, -0.25) is 4.79 Å². The second-order valence-electron chi connectivity index (χ2n) is 7.85. The lowest BCUT2D eigenvalue weighted by Crippen LogP contribution is -2.45. The molecule has 4 rings (SSSR count). The molecule has 28 heavy (non-hydrogen) atoms. The Morgan fingerprint density at radius 2 is 1.93 bits per heavy atom. The Kier molecular flexibility index (Phi) is 4.66. The quantitative estimate of drug-likeness (QED) is 0.860. The van der Waals surface area contributed by atoms with E-state index in [9.17, 15) is 9.18 Å². The first-order valence-electron chi connectivity index (χ1n) is 9.51. The van der Waals surface area contributed by atoms with E-state index in [1.165, 1.54) is 6.07 Å². The molecule has 2 aliphatic rings. The first-order chi connectivity index (χ1) is 13.4. The number of carbonyl (C=O) groups excluding carboxylic acids is 1. The van der Waals surface area contributed by atoms with Crippen molar-refractivity contribution < 1.29 is 9.18 Å². The van der Waals surface area contributed by atoms with Crippen molar-refractivity contribution in [1.82, 2.24) is 4.90 Å². The van der Waals surface area contributed by atoms with E-state index in [1.54, 1.807) is 6.07 Å². The molecule has 3 N–H and O–H groups in total. The molecule has 0 radical (unpaired) electrons. The van der Waals surface area contributed by atoms with Crippen molar-refractivity contribution >= 4 is 11.6 Å². The van der Waals surface area contributed by atoms with Crippen molar-refractivity contribution in [3.63, 3.8) is 0 Å². The fourth-order valence-corrected chi connectivity index (χ4v) is 4.26. The topological polar surface area (TPSA) is 82.2 Å². The third-order valence-corrected chi connectivity index (χ3v) is 6.05. The Hall–Kier alpha value is -2.75. The number of hydrogen-bond donors (Lipinski definition) is 2. The number of halogens is 1. The number of benzene rings is 2. The van der Waals surface area contributed by atoms with Crippen molar-refractivity contribution in [2.24, 2.45) is 5.73 Å². The molecule has 0 aliphatic carbocycles. The Balaban J connectivity index is 1.69. The van der Waals surface area contributed by atoms with Crippen LogP contribution in [0.2, 0.25) is 0 Å². The summed E-state index contributed by atoms with van der Waals surface area (Å²) in [6.45, 7) is 1.75. The smallest absolute Gasteiger partial charge is 0.235 e. The molecule has 1 atom stereocenters. The van der Waals surface area contributed by atoms with E-state index in [4.69, 9.17) is 11.0 Å². The molecule has 5 nitrogen and oxygen atoms in total. The van der Waals surface area contributed by atoms with Crippen molar-refractivity contribution in [2.45, 2.75) is 30.7 Å². The van der Waals surface area contributed by atoms with Crippen LogP contribution in [0.5, 0.6) is 0 Å². The molecule has 6 heteroatoms. The molecule has 144 valence electrons. The van der Waals surface area contributed by atoms with Crippen molar-refractivity contribution in [3.8, 4) is 17.2 Å². The zero-order valence-corrected chi connectivity index (χ0v) is 15.8. The van der Waals surface area contributed by atoms with Crippen LogP contribution in [0.15, 0.2) is 36.4 Å². The summed E-state index contributed by atoms with van der Waals surface area (Å²) in [5, 5.41) is 11.9. The van der Waals surface area contributed by atoms with Crippen LogP contribution in [0, 0.1) is 17.1 Å². The minimum Gasteiger partial charge on any atom is -0.325 e. The maximum Gasteiger partial charge on any atom is 0.235 e. The first kappa shape index (κ1) is 18.6. The third kappa shape index (κ3) is 3.07. The van der Waals surface area contributed by atoms with Gasteiger partial charge in [0, 0.05) is 12.1 Å². The highest BCUT2D eigenvalue weighted by Crippen LogP contribution is 2.46. The van der Waals surface area contributed by atoms with Crippen molar-refractivity contribution in [3.05, 3.63) is 53.3 Å². The van der Waals surface area contributed by atoms with E-state index in [1.807, 2.05) is 30.3 Å². The van der Waals surface area contributed by atoms with Crippen LogP contribution in [0.1, 0.15) is 24.0 Å². The van der Waals surface area contributed by atoms with Gasteiger partial charge in [-0.1, -0.05) is 18.2 Å². The molecule has 1 saturated heterocycles. The number of fused-ring (bicyclic) bond motifs is 2. The molecule has 0 aromatic heterocycles. The fraction of sp³-hybridized carbons (Fsp3) is 0.364. The lowest BCUT2D eigenvalue weighted by molar-refractivity contribution is -0.122. The van der Waals surface area contributed by atoms with Crippen LogP contribution in [-0.2, 0) is 16.6 Å². The Labute approximate surface area is 163 Å². The second kappa shape index (κ2) is 7.01. The number of carbonyl (C=O) groups is 1. The highest BCUT2D eigenvalue weighted by molar-refractivity contribution is 6.06. The van der Waals surface area contributed by atoms with Crippen LogP contribution in [-0.4, -0.2) is 37.0 Å². The first-order valence-corrected chi connectivity index (χ1v) is 9.51. The summed E-state index contributed by atoms with van der Waals surface area (Å²) in [5.74, 6) is -0.299. The predicted molar refractivity (Wildman–Crippen MR) is 106 cm³/mol. The summed E-state index contributed by atoms with van der Waals surface area (Å²) < 4.78 is 14.5. The molecule has 2 aliphatic heterocycles. The van der Waals surface area contributed by atoms with E-state index >= 15 is 0 Å². The van der Waals surface area contributed by atoms with Crippen molar-refractivity contribution in [1.29, 1.82) is 5.26 Å². The molecule has 0 unspecified atom stereocenters. The van der Waals surface area contributed by atoms with Crippen molar-refractivity contribution in [2.75, 3.05) is 25.5 Å². The van der Waals surface area contributed by atoms with E-state index < -0.39 is 11.5 Å². The summed E-state index contributed by atoms with van der Waals surface area (Å²) in [6, 6.07) is 12.0. The SMILES string of the molecule is CN1CCC2(CC1)C(=O)Nc1ccc(-c3ccc(C[C@H](N)C#N)c(F)c3)cc12. The average molecular weight is 378 g/mol. The standard InChI is InChI=1S/C22H23FN4O/c1-27-8-6-22(7-9-27)18-11-14(4-5-20(18)26-21(22)28)15-2-3-16(19(23)12-15)10-17(25)13-24/h2-5,11-12,17H,6-10,25H2,1H3,(H,26,28)/t17-/m0/s1. The number of rotatable bonds is 3. The summed E-state index contributed by atoms with van der Waals surface area (Å²) in [6.07, 6.45) is 1.75. The van der Waals surface area contributed by atoms with Gasteiger partial charge in [-0.05, 0) is 73.4 Å². The second-order valence-corrected chi connectivity index (χ2v) is 7.85. The zero-order chi connectivity index (χ0) is 19.9. The Morgan fingerprint density at radius 3 is 2.61 bits per heavy atom. The van der Waals surface area contributed by atoms with Crippen LogP contribution in [0.25, 0.3) is 11.1 Å². The Morgan fingerprint density at radius 1 is 1.25 bits per heavy atom. The molecular formula is C22H23FN4O. The van der Waals surface area contributed by atoms with Gasteiger partial charge in [0.05, 0.1) is 17.5 Å². The number of piperidine rings is 1. The minimum absolute atomic E-state index is 0.0692. The number of nitriles is 1. The van der Waals surface area contributed by atoms with Gasteiger partial charge in [0.25, 0.3) is 0 Å². The number of likely N-dealkylation sites (tertiary alicyclic amines) is 1. The van der Waals surface area contributed by atoms with Gasteiger partial charge >= 0.3 is 0 Å². The normalized spacial score (nSPS) is 19.1. The summed E-state index contributed by atoms with van der Waals surface area (Å²) in [7, 11) is 2.07. The number of amides is 1. The molecule has 1 amide bonds. The van der Waals surface area contributed by atoms with Gasteiger partial charge in [-0.25, -0.2) is 4.39 Å². The highest BCUT2D eigenvalue weighted by atomic mass is 19.1. The largest absolute Gasteiger partial charge is 0.325 e. The fourth-order valence-electron chi connectivity index (χ4n) is 4.26. The van der Waals surface area contributed by atoms with Crippen LogP contribution < -0.4 is 11.1 Å². The van der Waals surface area contributed by atoms with Gasteiger partial charge in [0.15, 0.2) is 0 Å². The maximum absolute atomic E-state index is 14.5. The van der Waals surface area contributed by atoms with Crippen LogP contribution >= 0.6 is 0 Å². The molecule has 2 aromatic carbocycles. The number of nitrogens with zero attached hydrogens (tertiary/aromatic N) is 2. The zero-order valence-electron chi connectivity index (χ0n) is 15.8. The third-order valence-electron chi connectivity index (χ3n) is 6.05. The van der Waals surface area contributed by atoms with Gasteiger partial charge in [0.1, 0.15) is 5.82 Å². The monoisotopic (exact) mass is 378 g/mol. The van der Waals surface area contributed by atoms with Crippen LogP contribution in [0.3, 0.4) is 0 Å². The number of hydrogen-bond acceptors (Lipinski definition) is 4. The average Bonchev–Trinajstić information content (AvgIpc) is 2.96. The molecule has 2 aromatic rings. The van der Waals surface area contributed by atoms with E-state index in [2.05, 4.69) is 17.3 Å². The Bertz CT molecular complexity index is 973. The van der Waals surface area contributed by atoms with Gasteiger partial charge < -0.3 is 16.0 Å². The number of anilines is 1. The van der Waals surface area contributed by atoms with E-state index in [-0.39, 0.29) is 18.1 Å². The van der Waals surface area contributed by atoms with E-state index in [0.717, 1.165) is 48.3 Å². The predicted octanol–water partition coefficient (Wildman–Crippen LogP) is 2.80. The highest BCUT2D eigenvalue weighted by Gasteiger charge is 2.48. The minimum atomic E-state index is -0.721. The molecule has 2 heterocycles. The lowest BCUT2D eigenvalue weighted by atomic mass is 9.73. The molecule has 1 spiro atoms. The summed E-state index contributed by atoms with van der Waals surface area (Å²) in [5.41, 5.74) is 9.05. The summed E-state index contributed by atoms with van der Waals surface area (Å²) >= 11 is 0. The molecule has 0 bridgehead atoms. The number of nitrogens with one attached hydrogen (secondary N) is 1.